The van der Waals surface area contributed by atoms with Crippen molar-refractivity contribution in [1.82, 2.24) is 25.5 Å². The second-order valence-electron chi connectivity index (χ2n) is 4.50. The van der Waals surface area contributed by atoms with Crippen LogP contribution in [0.5, 0.6) is 0 Å². The maximum absolute atomic E-state index is 11.8. The predicted octanol–water partition coefficient (Wildman–Crippen LogP) is -0.423. The van der Waals surface area contributed by atoms with E-state index in [-0.39, 0.29) is 12.5 Å². The van der Waals surface area contributed by atoms with E-state index in [1.807, 2.05) is 0 Å². The first kappa shape index (κ1) is 12.5. The summed E-state index contributed by atoms with van der Waals surface area (Å²) < 4.78 is 1.26. The molecule has 0 atom stereocenters. The number of amides is 1. The van der Waals surface area contributed by atoms with Crippen LogP contribution in [0.15, 0.2) is 6.33 Å². The van der Waals surface area contributed by atoms with Crippen molar-refractivity contribution in [3.05, 3.63) is 6.33 Å². The van der Waals surface area contributed by atoms with Crippen LogP contribution in [0.1, 0.15) is 32.1 Å². The molecule has 0 aromatic carbocycles. The lowest BCUT2D eigenvalue weighted by molar-refractivity contribution is -0.149. The van der Waals surface area contributed by atoms with E-state index in [0.717, 1.165) is 19.3 Å². The van der Waals surface area contributed by atoms with E-state index >= 15 is 0 Å². The lowest BCUT2D eigenvalue weighted by atomic mass is 9.81. The van der Waals surface area contributed by atoms with Crippen LogP contribution in [0.3, 0.4) is 0 Å². The van der Waals surface area contributed by atoms with Crippen LogP contribution in [0.4, 0.5) is 0 Å². The second kappa shape index (κ2) is 5.11. The number of nitrogens with one attached hydrogen (secondary N) is 1. The lowest BCUT2D eigenvalue weighted by Crippen LogP contribution is -2.56. The maximum Gasteiger partial charge on any atom is 0.329 e. The van der Waals surface area contributed by atoms with E-state index in [2.05, 4.69) is 20.8 Å². The van der Waals surface area contributed by atoms with Crippen LogP contribution in [0.2, 0.25) is 0 Å². The van der Waals surface area contributed by atoms with Gasteiger partial charge in [0.1, 0.15) is 18.4 Å². The Morgan fingerprint density at radius 1 is 1.33 bits per heavy atom. The first-order valence-corrected chi connectivity index (χ1v) is 5.88. The summed E-state index contributed by atoms with van der Waals surface area (Å²) in [5.41, 5.74) is -1.12. The largest absolute Gasteiger partial charge is 0.480 e. The Morgan fingerprint density at radius 2 is 2.06 bits per heavy atom. The molecular weight excluding hydrogens is 238 g/mol. The summed E-state index contributed by atoms with van der Waals surface area (Å²) in [6, 6.07) is 0. The number of hydrogen-bond donors (Lipinski definition) is 2. The zero-order valence-electron chi connectivity index (χ0n) is 9.87. The molecule has 1 amide bonds. The summed E-state index contributed by atoms with van der Waals surface area (Å²) in [4.78, 5) is 23.1. The number of aliphatic carboxylic acids is 1. The normalized spacial score (nSPS) is 18.2. The highest BCUT2D eigenvalue weighted by Crippen LogP contribution is 2.28. The van der Waals surface area contributed by atoms with Gasteiger partial charge in [0, 0.05) is 0 Å². The minimum Gasteiger partial charge on any atom is -0.480 e. The van der Waals surface area contributed by atoms with Crippen molar-refractivity contribution >= 4 is 11.9 Å². The number of nitrogens with zero attached hydrogens (tertiary/aromatic N) is 4. The molecule has 2 rings (SSSR count). The second-order valence-corrected chi connectivity index (χ2v) is 4.50. The van der Waals surface area contributed by atoms with E-state index < -0.39 is 11.5 Å². The van der Waals surface area contributed by atoms with Crippen LogP contribution in [0, 0.1) is 0 Å². The van der Waals surface area contributed by atoms with Crippen molar-refractivity contribution in [2.75, 3.05) is 0 Å². The molecule has 1 fully saturated rings. The Labute approximate surface area is 103 Å². The Balaban J connectivity index is 2.00. The van der Waals surface area contributed by atoms with Gasteiger partial charge >= 0.3 is 5.97 Å². The van der Waals surface area contributed by atoms with Crippen LogP contribution in [-0.2, 0) is 16.1 Å². The molecular formula is C10H15N5O3. The van der Waals surface area contributed by atoms with Gasteiger partial charge in [0.2, 0.25) is 5.91 Å². The number of rotatable bonds is 4. The molecule has 8 heteroatoms. The molecule has 18 heavy (non-hydrogen) atoms. The van der Waals surface area contributed by atoms with Gasteiger partial charge in [-0.3, -0.25) is 4.79 Å². The van der Waals surface area contributed by atoms with Crippen LogP contribution in [0.25, 0.3) is 0 Å². The van der Waals surface area contributed by atoms with Gasteiger partial charge in [-0.05, 0) is 23.3 Å². The van der Waals surface area contributed by atoms with Gasteiger partial charge in [-0.2, -0.15) is 0 Å². The summed E-state index contributed by atoms with van der Waals surface area (Å²) in [7, 11) is 0. The zero-order valence-corrected chi connectivity index (χ0v) is 9.87. The Kier molecular flexibility index (Phi) is 3.54. The molecule has 1 heterocycles. The number of tetrazole rings is 1. The summed E-state index contributed by atoms with van der Waals surface area (Å²) in [6.07, 6.45) is 4.91. The van der Waals surface area contributed by atoms with Crippen molar-refractivity contribution in [1.29, 1.82) is 0 Å². The summed E-state index contributed by atoms with van der Waals surface area (Å²) in [5.74, 6) is -1.35. The minimum absolute atomic E-state index is 0.0674. The number of aromatic nitrogens is 4. The number of carbonyl (C=O) groups is 2. The van der Waals surface area contributed by atoms with Crippen LogP contribution < -0.4 is 5.32 Å². The number of carboxylic acids is 1. The predicted molar refractivity (Wildman–Crippen MR) is 59.4 cm³/mol. The zero-order chi connectivity index (χ0) is 13.0. The summed E-state index contributed by atoms with van der Waals surface area (Å²) in [6.45, 7) is -0.0674. The van der Waals surface area contributed by atoms with Gasteiger partial charge in [0.05, 0.1) is 0 Å². The molecule has 1 aromatic heterocycles. The average Bonchev–Trinajstić information content (AvgIpc) is 2.82. The highest BCUT2D eigenvalue weighted by Gasteiger charge is 2.40. The molecule has 1 aliphatic carbocycles. The molecule has 98 valence electrons. The fraction of sp³-hybridized carbons (Fsp3) is 0.700. The lowest BCUT2D eigenvalue weighted by Gasteiger charge is -2.33. The molecule has 0 spiro atoms. The van der Waals surface area contributed by atoms with E-state index in [0.29, 0.717) is 12.8 Å². The number of carbonyl (C=O) groups excluding carboxylic acids is 1. The van der Waals surface area contributed by atoms with Crippen molar-refractivity contribution in [3.8, 4) is 0 Å². The highest BCUT2D eigenvalue weighted by molar-refractivity contribution is 5.86. The molecule has 1 aromatic rings. The van der Waals surface area contributed by atoms with Gasteiger partial charge in [-0.25, -0.2) is 9.48 Å². The van der Waals surface area contributed by atoms with Crippen LogP contribution in [-0.4, -0.2) is 42.7 Å². The third-order valence-corrected chi connectivity index (χ3v) is 3.19. The van der Waals surface area contributed by atoms with Gasteiger partial charge < -0.3 is 10.4 Å². The standard InChI is InChI=1S/C10H15N5O3/c16-8(6-15-7-11-13-14-15)12-10(9(17)18)4-2-1-3-5-10/h7H,1-6H2,(H,12,16)(H,17,18). The summed E-state index contributed by atoms with van der Waals surface area (Å²) >= 11 is 0. The smallest absolute Gasteiger partial charge is 0.329 e. The van der Waals surface area contributed by atoms with Gasteiger partial charge in [0.25, 0.3) is 0 Å². The fourth-order valence-corrected chi connectivity index (χ4v) is 2.25. The fourth-order valence-electron chi connectivity index (χ4n) is 2.25. The third kappa shape index (κ3) is 2.63. The maximum atomic E-state index is 11.8. The average molecular weight is 253 g/mol. The highest BCUT2D eigenvalue weighted by atomic mass is 16.4. The number of hydrogen-bond acceptors (Lipinski definition) is 5. The van der Waals surface area contributed by atoms with Gasteiger partial charge in [-0.15, -0.1) is 5.10 Å². The van der Waals surface area contributed by atoms with E-state index in [9.17, 15) is 14.7 Å². The topological polar surface area (TPSA) is 110 Å². The molecule has 0 radical (unpaired) electrons. The van der Waals surface area contributed by atoms with E-state index in [1.54, 1.807) is 0 Å². The molecule has 2 N–H and O–H groups in total. The molecule has 0 saturated heterocycles. The van der Waals surface area contributed by atoms with Crippen molar-refractivity contribution < 1.29 is 14.7 Å². The molecule has 8 nitrogen and oxygen atoms in total. The van der Waals surface area contributed by atoms with Crippen molar-refractivity contribution in [3.63, 3.8) is 0 Å². The quantitative estimate of drug-likeness (QED) is 0.753. The molecule has 1 aliphatic rings. The van der Waals surface area contributed by atoms with Crippen LogP contribution >= 0.6 is 0 Å². The minimum atomic E-state index is -1.12. The molecule has 0 aliphatic heterocycles. The van der Waals surface area contributed by atoms with Gasteiger partial charge in [0.15, 0.2) is 0 Å². The molecule has 0 bridgehead atoms. The first-order valence-electron chi connectivity index (χ1n) is 5.88. The van der Waals surface area contributed by atoms with Gasteiger partial charge in [-0.1, -0.05) is 19.3 Å². The molecule has 0 unspecified atom stereocenters. The number of carboxylic acid groups (broad SMARTS) is 1. The Hall–Kier alpha value is -1.99. The van der Waals surface area contributed by atoms with E-state index in [1.165, 1.54) is 11.0 Å². The van der Waals surface area contributed by atoms with E-state index in [4.69, 9.17) is 0 Å². The third-order valence-electron chi connectivity index (χ3n) is 3.19. The molecule has 1 saturated carbocycles. The Morgan fingerprint density at radius 3 is 2.61 bits per heavy atom. The monoisotopic (exact) mass is 253 g/mol. The SMILES string of the molecule is O=C(Cn1cnnn1)NC1(C(=O)O)CCCCC1. The van der Waals surface area contributed by atoms with Crippen molar-refractivity contribution in [2.45, 2.75) is 44.2 Å². The first-order chi connectivity index (χ1) is 8.62. The summed E-state index contributed by atoms with van der Waals surface area (Å²) in [5, 5.41) is 22.3. The Bertz CT molecular complexity index is 425. The van der Waals surface area contributed by atoms with Crippen molar-refractivity contribution in [2.24, 2.45) is 0 Å².